The van der Waals surface area contributed by atoms with Crippen LogP contribution in [0.5, 0.6) is 5.75 Å². The van der Waals surface area contributed by atoms with Crippen LogP contribution in [0.25, 0.3) is 21.9 Å². The molecule has 0 aliphatic rings. The number of nitrogens with zero attached hydrogens (tertiary/aromatic N) is 2. The Kier molecular flexibility index (Phi) is 5.03. The maximum atomic E-state index is 6.34. The number of hydrogen-bond acceptors (Lipinski definition) is 3. The van der Waals surface area contributed by atoms with Crippen LogP contribution in [0.2, 0.25) is 5.15 Å². The second-order valence-corrected chi connectivity index (χ2v) is 6.49. The first kappa shape index (κ1) is 16.7. The van der Waals surface area contributed by atoms with Crippen LogP contribution in [0.1, 0.15) is 5.56 Å². The van der Waals surface area contributed by atoms with Gasteiger partial charge in [-0.2, -0.15) is 0 Å². The van der Waals surface area contributed by atoms with Crippen molar-refractivity contribution in [1.82, 2.24) is 9.88 Å². The van der Waals surface area contributed by atoms with Crippen molar-refractivity contribution < 1.29 is 4.74 Å². The van der Waals surface area contributed by atoms with Crippen molar-refractivity contribution in [3.8, 4) is 16.9 Å². The number of aromatic nitrogens is 1. The molecule has 0 atom stereocenters. The topological polar surface area (TPSA) is 25.4 Å². The largest absolute Gasteiger partial charge is 0.492 e. The molecule has 3 aromatic rings. The average Bonchev–Trinajstić information content (AvgIpc) is 2.56. The zero-order chi connectivity index (χ0) is 17.1. The van der Waals surface area contributed by atoms with Crippen LogP contribution in [0.4, 0.5) is 0 Å². The zero-order valence-electron chi connectivity index (χ0n) is 14.2. The normalized spacial score (nSPS) is 11.2. The number of ether oxygens (including phenoxy) is 1. The van der Waals surface area contributed by atoms with Gasteiger partial charge in [0.25, 0.3) is 0 Å². The maximum absolute atomic E-state index is 6.34. The van der Waals surface area contributed by atoms with Gasteiger partial charge in [0.05, 0.1) is 0 Å². The molecule has 0 saturated heterocycles. The van der Waals surface area contributed by atoms with Crippen molar-refractivity contribution in [3.63, 3.8) is 0 Å². The fraction of sp³-hybridized carbons (Fsp3) is 0.250. The summed E-state index contributed by atoms with van der Waals surface area (Å²) < 4.78 is 5.82. The first-order chi connectivity index (χ1) is 11.6. The highest BCUT2D eigenvalue weighted by Gasteiger charge is 2.11. The molecule has 0 amide bonds. The molecule has 0 unspecified atom stereocenters. The lowest BCUT2D eigenvalue weighted by Crippen LogP contribution is -2.19. The van der Waals surface area contributed by atoms with Crippen LogP contribution >= 0.6 is 11.6 Å². The van der Waals surface area contributed by atoms with Gasteiger partial charge in [0.1, 0.15) is 17.5 Å². The standard InChI is InChI=1S/C20H21ClN2O/c1-14-6-4-5-7-16(14)19-13-22-20(21)18-12-15(8-9-17(18)19)24-11-10-23(2)3/h4-9,12-13H,10-11H2,1-3H3. The molecule has 1 aromatic heterocycles. The number of aryl methyl sites for hydroxylation is 1. The van der Waals surface area contributed by atoms with Gasteiger partial charge in [-0.15, -0.1) is 0 Å². The highest BCUT2D eigenvalue weighted by molar-refractivity contribution is 6.34. The summed E-state index contributed by atoms with van der Waals surface area (Å²) >= 11 is 6.34. The van der Waals surface area contributed by atoms with Gasteiger partial charge in [-0.25, -0.2) is 4.98 Å². The van der Waals surface area contributed by atoms with E-state index in [1.807, 2.05) is 44.6 Å². The van der Waals surface area contributed by atoms with E-state index in [0.717, 1.165) is 28.6 Å². The van der Waals surface area contributed by atoms with Crippen molar-refractivity contribution >= 4 is 22.4 Å². The number of rotatable bonds is 5. The van der Waals surface area contributed by atoms with Crippen molar-refractivity contribution in [2.75, 3.05) is 27.2 Å². The average molecular weight is 341 g/mol. The summed E-state index contributed by atoms with van der Waals surface area (Å²) in [6, 6.07) is 14.3. The summed E-state index contributed by atoms with van der Waals surface area (Å²) in [5.41, 5.74) is 3.48. The van der Waals surface area contributed by atoms with Crippen LogP contribution < -0.4 is 4.74 Å². The maximum Gasteiger partial charge on any atom is 0.137 e. The number of likely N-dealkylation sites (N-methyl/N-ethyl adjacent to an activating group) is 1. The minimum absolute atomic E-state index is 0.500. The molecule has 0 fully saturated rings. The molecule has 124 valence electrons. The smallest absolute Gasteiger partial charge is 0.137 e. The van der Waals surface area contributed by atoms with Crippen molar-refractivity contribution in [3.05, 3.63) is 59.4 Å². The van der Waals surface area contributed by atoms with Gasteiger partial charge in [-0.1, -0.05) is 35.9 Å². The number of pyridine rings is 1. The summed E-state index contributed by atoms with van der Waals surface area (Å²) in [5, 5.41) is 2.50. The zero-order valence-corrected chi connectivity index (χ0v) is 15.0. The number of hydrogen-bond donors (Lipinski definition) is 0. The highest BCUT2D eigenvalue weighted by Crippen LogP contribution is 2.34. The molecule has 0 aliphatic heterocycles. The lowest BCUT2D eigenvalue weighted by molar-refractivity contribution is 0.261. The predicted octanol–water partition coefficient (Wildman–Crippen LogP) is 4.80. The van der Waals surface area contributed by atoms with Crippen LogP contribution in [-0.2, 0) is 0 Å². The van der Waals surface area contributed by atoms with Crippen molar-refractivity contribution in [2.24, 2.45) is 0 Å². The Morgan fingerprint density at radius 2 is 1.83 bits per heavy atom. The lowest BCUT2D eigenvalue weighted by atomic mass is 9.97. The number of benzene rings is 2. The summed E-state index contributed by atoms with van der Waals surface area (Å²) in [6.45, 7) is 3.61. The number of halogens is 1. The summed E-state index contributed by atoms with van der Waals surface area (Å²) in [5.74, 6) is 0.815. The van der Waals surface area contributed by atoms with E-state index >= 15 is 0 Å². The Balaban J connectivity index is 2.02. The van der Waals surface area contributed by atoms with E-state index in [1.54, 1.807) is 0 Å². The molecule has 0 saturated carbocycles. The monoisotopic (exact) mass is 340 g/mol. The summed E-state index contributed by atoms with van der Waals surface area (Å²) in [4.78, 5) is 6.47. The van der Waals surface area contributed by atoms with Crippen LogP contribution in [0, 0.1) is 6.92 Å². The minimum atomic E-state index is 0.500. The fourth-order valence-electron chi connectivity index (χ4n) is 2.71. The molecular weight excluding hydrogens is 320 g/mol. The Hall–Kier alpha value is -2.10. The third kappa shape index (κ3) is 3.53. The van der Waals surface area contributed by atoms with Gasteiger partial charge in [0.2, 0.25) is 0 Å². The molecule has 4 heteroatoms. The molecular formula is C20H21ClN2O. The molecule has 3 rings (SSSR count). The van der Waals surface area contributed by atoms with Crippen molar-refractivity contribution in [2.45, 2.75) is 6.92 Å². The second-order valence-electron chi connectivity index (χ2n) is 6.14. The molecule has 2 aromatic carbocycles. The summed E-state index contributed by atoms with van der Waals surface area (Å²) in [7, 11) is 4.05. The molecule has 1 heterocycles. The van der Waals surface area contributed by atoms with Crippen LogP contribution in [0.15, 0.2) is 48.7 Å². The third-order valence-electron chi connectivity index (χ3n) is 4.05. The SMILES string of the molecule is Cc1ccccc1-c1cnc(Cl)c2cc(OCCN(C)C)ccc12. The van der Waals surface area contributed by atoms with Crippen LogP contribution in [0.3, 0.4) is 0 Å². The Morgan fingerprint density at radius 1 is 1.04 bits per heavy atom. The first-order valence-electron chi connectivity index (χ1n) is 7.98. The van der Waals surface area contributed by atoms with E-state index in [0.29, 0.717) is 11.8 Å². The van der Waals surface area contributed by atoms with E-state index in [4.69, 9.17) is 16.3 Å². The second kappa shape index (κ2) is 7.20. The van der Waals surface area contributed by atoms with E-state index in [1.165, 1.54) is 11.1 Å². The van der Waals surface area contributed by atoms with Crippen molar-refractivity contribution in [1.29, 1.82) is 0 Å². The Bertz CT molecular complexity index is 861. The van der Waals surface area contributed by atoms with E-state index in [-0.39, 0.29) is 0 Å². The minimum Gasteiger partial charge on any atom is -0.492 e. The van der Waals surface area contributed by atoms with Gasteiger partial charge in [-0.05, 0) is 55.7 Å². The van der Waals surface area contributed by atoms with Gasteiger partial charge in [-0.3, -0.25) is 0 Å². The molecule has 0 aliphatic carbocycles. The highest BCUT2D eigenvalue weighted by atomic mass is 35.5. The van der Waals surface area contributed by atoms with E-state index in [9.17, 15) is 0 Å². The molecule has 0 bridgehead atoms. The molecule has 0 radical (unpaired) electrons. The Labute approximate surface area is 147 Å². The fourth-order valence-corrected chi connectivity index (χ4v) is 2.92. The first-order valence-corrected chi connectivity index (χ1v) is 8.36. The quantitative estimate of drug-likeness (QED) is 0.623. The molecule has 0 spiro atoms. The van der Waals surface area contributed by atoms with Gasteiger partial charge in [0, 0.05) is 23.7 Å². The molecule has 0 N–H and O–H groups in total. The third-order valence-corrected chi connectivity index (χ3v) is 4.35. The van der Waals surface area contributed by atoms with E-state index in [2.05, 4.69) is 35.0 Å². The van der Waals surface area contributed by atoms with Gasteiger partial charge >= 0.3 is 0 Å². The van der Waals surface area contributed by atoms with E-state index < -0.39 is 0 Å². The van der Waals surface area contributed by atoms with Gasteiger partial charge < -0.3 is 9.64 Å². The lowest BCUT2D eigenvalue weighted by Gasteiger charge is -2.13. The molecule has 3 nitrogen and oxygen atoms in total. The summed E-state index contributed by atoms with van der Waals surface area (Å²) in [6.07, 6.45) is 1.85. The number of fused-ring (bicyclic) bond motifs is 1. The molecule has 24 heavy (non-hydrogen) atoms. The van der Waals surface area contributed by atoms with Crippen LogP contribution in [-0.4, -0.2) is 37.1 Å². The predicted molar refractivity (Wildman–Crippen MR) is 101 cm³/mol. The Morgan fingerprint density at radius 3 is 2.58 bits per heavy atom. The van der Waals surface area contributed by atoms with Gasteiger partial charge in [0.15, 0.2) is 0 Å².